The smallest absolute Gasteiger partial charge is 0.192 e. The lowest BCUT2D eigenvalue weighted by Gasteiger charge is -2.10. The van der Waals surface area contributed by atoms with Gasteiger partial charge in [0.15, 0.2) is 8.46 Å². The number of aromatic hydroxyl groups is 2. The van der Waals surface area contributed by atoms with Gasteiger partial charge in [0, 0.05) is 35.6 Å². The van der Waals surface area contributed by atoms with Gasteiger partial charge in [-0.15, -0.1) is 0 Å². The summed E-state index contributed by atoms with van der Waals surface area (Å²) < 4.78 is 39.0. The standard InChI is InChI=1S/C18H14O4P2.C18H14O4/c19-24-18-9-3-7-16(12-18)21-14-5-1-4-13(10-14)20-15-6-2-8-17(11-15)22-23;19-13-4-1-6-15(10-13)21-17-8-3-9-18(12-17)22-16-7-2-5-14(20)11-16/h1-12H,23H2;1-12,19-20H. The summed E-state index contributed by atoms with van der Waals surface area (Å²) in [6, 6.07) is 42.0. The molecule has 0 aliphatic heterocycles. The van der Waals surface area contributed by atoms with Gasteiger partial charge in [-0.25, -0.2) is 0 Å². The average Bonchev–Trinajstić information content (AvgIpc) is 3.06. The summed E-state index contributed by atoms with van der Waals surface area (Å²) in [5.74, 6) is 5.78. The fourth-order valence-electron chi connectivity index (χ4n) is 4.06. The van der Waals surface area contributed by atoms with Crippen LogP contribution in [0.1, 0.15) is 0 Å². The van der Waals surface area contributed by atoms with E-state index in [1.54, 1.807) is 91.0 Å². The number of hydrogen-bond acceptors (Lipinski definition) is 8. The zero-order valence-corrected chi connectivity index (χ0v) is 26.3. The Bertz CT molecular complexity index is 1850. The SMILES string of the molecule is O=Pc1cccc(Oc2cccc(Oc3cccc(OP)c3)c2)c1.Oc1cccc(Oc2cccc(Oc3cccc(O)c3)c2)c1. The molecule has 1 atom stereocenters. The van der Waals surface area contributed by atoms with E-state index in [2.05, 4.69) is 9.47 Å². The van der Waals surface area contributed by atoms with Gasteiger partial charge in [-0.1, -0.05) is 36.4 Å². The van der Waals surface area contributed by atoms with Crippen molar-refractivity contribution >= 4 is 23.2 Å². The van der Waals surface area contributed by atoms with Gasteiger partial charge in [-0.3, -0.25) is 4.57 Å². The molecule has 1 unspecified atom stereocenters. The van der Waals surface area contributed by atoms with Crippen molar-refractivity contribution in [3.63, 3.8) is 0 Å². The monoisotopic (exact) mass is 650 g/mol. The Labute approximate surface area is 269 Å². The Morgan fingerprint density at radius 1 is 0.413 bits per heavy atom. The maximum Gasteiger partial charge on any atom is 0.192 e. The molecule has 0 spiro atoms. The summed E-state index contributed by atoms with van der Waals surface area (Å²) >= 11 is 0. The molecule has 0 fully saturated rings. The van der Waals surface area contributed by atoms with Crippen LogP contribution in [0.15, 0.2) is 146 Å². The normalized spacial score (nSPS) is 10.3. The second-order valence-electron chi connectivity index (χ2n) is 9.53. The minimum absolute atomic E-state index is 0.0350. The molecule has 6 aromatic carbocycles. The van der Waals surface area contributed by atoms with Crippen molar-refractivity contribution in [3.05, 3.63) is 146 Å². The zero-order chi connectivity index (χ0) is 32.1. The van der Waals surface area contributed by atoms with Crippen LogP contribution >= 0.6 is 17.9 Å². The lowest BCUT2D eigenvalue weighted by Crippen LogP contribution is -1.92. The number of hydrogen-bond donors (Lipinski definition) is 2. The topological polar surface area (TPSA) is 104 Å². The molecular formula is C36H28O8P2. The van der Waals surface area contributed by atoms with Crippen molar-refractivity contribution in [2.24, 2.45) is 0 Å². The van der Waals surface area contributed by atoms with Gasteiger partial charge >= 0.3 is 0 Å². The third kappa shape index (κ3) is 9.73. The molecule has 6 aromatic rings. The van der Waals surface area contributed by atoms with E-state index in [0.717, 1.165) is 0 Å². The summed E-state index contributed by atoms with van der Waals surface area (Å²) in [5, 5.41) is 19.5. The van der Waals surface area contributed by atoms with Crippen LogP contribution in [-0.2, 0) is 4.57 Å². The van der Waals surface area contributed by atoms with Crippen LogP contribution in [-0.4, -0.2) is 10.2 Å². The second-order valence-corrected chi connectivity index (χ2v) is 10.5. The van der Waals surface area contributed by atoms with Gasteiger partial charge < -0.3 is 33.7 Å². The molecule has 2 N–H and O–H groups in total. The second kappa shape index (κ2) is 16.0. The number of ether oxygens (including phenoxy) is 4. The van der Waals surface area contributed by atoms with Crippen LogP contribution in [0.3, 0.4) is 0 Å². The lowest BCUT2D eigenvalue weighted by molar-refractivity contribution is 0.444. The molecule has 0 aromatic heterocycles. The fraction of sp³-hybridized carbons (Fsp3) is 0. The van der Waals surface area contributed by atoms with E-state index in [0.29, 0.717) is 57.1 Å². The first-order chi connectivity index (χ1) is 22.4. The quantitative estimate of drug-likeness (QED) is 0.141. The van der Waals surface area contributed by atoms with E-state index in [1.807, 2.05) is 42.5 Å². The molecule has 0 amide bonds. The number of phenolic OH excluding ortho intramolecular Hbond substituents is 2. The van der Waals surface area contributed by atoms with Gasteiger partial charge in [-0.2, -0.15) is 0 Å². The molecule has 0 aliphatic carbocycles. The maximum absolute atomic E-state index is 10.9. The molecule has 8 nitrogen and oxygen atoms in total. The van der Waals surface area contributed by atoms with Crippen LogP contribution < -0.4 is 28.8 Å². The Hall–Kier alpha value is -5.55. The average molecular weight is 651 g/mol. The van der Waals surface area contributed by atoms with Crippen molar-refractivity contribution in [2.45, 2.75) is 0 Å². The van der Waals surface area contributed by atoms with E-state index >= 15 is 0 Å². The van der Waals surface area contributed by atoms with E-state index < -0.39 is 0 Å². The maximum atomic E-state index is 10.9. The highest BCUT2D eigenvalue weighted by molar-refractivity contribution is 7.34. The largest absolute Gasteiger partial charge is 0.508 e. The van der Waals surface area contributed by atoms with Gasteiger partial charge in [0.25, 0.3) is 0 Å². The van der Waals surface area contributed by atoms with Gasteiger partial charge in [0.1, 0.15) is 63.2 Å². The third-order valence-electron chi connectivity index (χ3n) is 6.05. The molecule has 46 heavy (non-hydrogen) atoms. The molecule has 0 heterocycles. The molecule has 0 saturated carbocycles. The van der Waals surface area contributed by atoms with Crippen LogP contribution in [0.4, 0.5) is 0 Å². The van der Waals surface area contributed by atoms with Gasteiger partial charge in [0.2, 0.25) is 0 Å². The molecule has 0 saturated heterocycles. The van der Waals surface area contributed by atoms with Crippen molar-refractivity contribution in [1.29, 1.82) is 0 Å². The minimum Gasteiger partial charge on any atom is -0.508 e. The summed E-state index contributed by atoms with van der Waals surface area (Å²) in [4.78, 5) is 0. The van der Waals surface area contributed by atoms with Crippen molar-refractivity contribution in [2.75, 3.05) is 0 Å². The van der Waals surface area contributed by atoms with Crippen LogP contribution in [0, 0.1) is 0 Å². The summed E-state index contributed by atoms with van der Waals surface area (Å²) in [6.45, 7) is 0. The Morgan fingerprint density at radius 2 is 0.717 bits per heavy atom. The van der Waals surface area contributed by atoms with E-state index in [9.17, 15) is 14.8 Å². The van der Waals surface area contributed by atoms with E-state index in [-0.39, 0.29) is 20.0 Å². The van der Waals surface area contributed by atoms with Gasteiger partial charge in [0.05, 0.1) is 9.47 Å². The predicted octanol–water partition coefficient (Wildman–Crippen LogP) is 10.0. The highest BCUT2D eigenvalue weighted by Gasteiger charge is 2.05. The number of rotatable bonds is 10. The van der Waals surface area contributed by atoms with Crippen LogP contribution in [0.25, 0.3) is 0 Å². The highest BCUT2D eigenvalue weighted by atomic mass is 31.1. The van der Waals surface area contributed by atoms with E-state index in [4.69, 9.17) is 23.5 Å². The third-order valence-corrected chi connectivity index (χ3v) is 6.81. The zero-order valence-electron chi connectivity index (χ0n) is 24.2. The first-order valence-electron chi connectivity index (χ1n) is 13.9. The van der Waals surface area contributed by atoms with Crippen molar-refractivity contribution < 1.29 is 38.2 Å². The highest BCUT2D eigenvalue weighted by Crippen LogP contribution is 2.32. The Kier molecular flexibility index (Phi) is 11.1. The van der Waals surface area contributed by atoms with Crippen molar-refractivity contribution in [1.82, 2.24) is 0 Å². The summed E-state index contributed by atoms with van der Waals surface area (Å²) in [6.07, 6.45) is 0. The Balaban J connectivity index is 0.000000182. The minimum atomic E-state index is -0.0350. The Morgan fingerprint density at radius 3 is 1.09 bits per heavy atom. The first-order valence-corrected chi connectivity index (χ1v) is 15.1. The van der Waals surface area contributed by atoms with E-state index in [1.165, 1.54) is 12.1 Å². The number of phenols is 2. The van der Waals surface area contributed by atoms with Crippen LogP contribution in [0.5, 0.6) is 63.2 Å². The molecule has 10 heteroatoms. The summed E-state index contributed by atoms with van der Waals surface area (Å²) in [7, 11) is 2.17. The fourth-order valence-corrected chi connectivity index (χ4v) is 4.53. The predicted molar refractivity (Wildman–Crippen MR) is 180 cm³/mol. The van der Waals surface area contributed by atoms with Crippen molar-refractivity contribution in [3.8, 4) is 63.2 Å². The molecule has 230 valence electrons. The molecule has 0 aliphatic rings. The molecular weight excluding hydrogens is 622 g/mol. The molecule has 0 radical (unpaired) electrons. The number of benzene rings is 6. The molecule has 6 rings (SSSR count). The van der Waals surface area contributed by atoms with Gasteiger partial charge in [-0.05, 0) is 78.9 Å². The first kappa shape index (κ1) is 31.9. The summed E-state index contributed by atoms with van der Waals surface area (Å²) in [5.41, 5.74) is 0. The molecule has 0 bridgehead atoms. The van der Waals surface area contributed by atoms with Crippen LogP contribution in [0.2, 0.25) is 0 Å². The lowest BCUT2D eigenvalue weighted by atomic mass is 10.3.